The Labute approximate surface area is 218 Å². The quantitative estimate of drug-likeness (QED) is 0.406. The number of carbonyl (C=O) groups excluding carboxylic acids is 3. The van der Waals surface area contributed by atoms with Crippen molar-refractivity contribution < 1.29 is 14.4 Å². The first-order valence-electron chi connectivity index (χ1n) is 12.1. The standard InChI is InChI=1S/C25H29ClN6O3S/c1-27-22(33)13-3-5-17(29-23(34)20-11-14-9-15(26)4-6-16(14)28-20)19(10-13)30-24(35)25-31-18-7-8-32(2)12-21(18)36-25/h4,6,9,11,13,17,19,28H,3,5,7-8,10,12H2,1-2H3,(H,27,33)(H,29,34)(H,30,35)/t13-,17-,19+/m0/s1. The lowest BCUT2D eigenvalue weighted by molar-refractivity contribution is -0.125. The Morgan fingerprint density at radius 1 is 1.14 bits per heavy atom. The largest absolute Gasteiger partial charge is 0.359 e. The van der Waals surface area contributed by atoms with Gasteiger partial charge in [0.05, 0.1) is 11.7 Å². The fourth-order valence-corrected chi connectivity index (χ4v) is 6.34. The van der Waals surface area contributed by atoms with E-state index in [0.717, 1.165) is 41.0 Å². The van der Waals surface area contributed by atoms with Gasteiger partial charge in [0.25, 0.3) is 11.8 Å². The number of H-pyrrole nitrogens is 1. The molecule has 4 N–H and O–H groups in total. The molecule has 3 amide bonds. The van der Waals surface area contributed by atoms with E-state index < -0.39 is 6.04 Å². The number of aromatic amines is 1. The summed E-state index contributed by atoms with van der Waals surface area (Å²) < 4.78 is 0. The summed E-state index contributed by atoms with van der Waals surface area (Å²) in [5, 5.41) is 10.7. The minimum Gasteiger partial charge on any atom is -0.359 e. The molecule has 2 aliphatic rings. The predicted molar refractivity (Wildman–Crippen MR) is 139 cm³/mol. The van der Waals surface area contributed by atoms with Gasteiger partial charge in [-0.2, -0.15) is 0 Å². The number of hydrogen-bond donors (Lipinski definition) is 4. The zero-order chi connectivity index (χ0) is 25.4. The molecule has 3 heterocycles. The van der Waals surface area contributed by atoms with E-state index in [9.17, 15) is 14.4 Å². The Morgan fingerprint density at radius 3 is 2.75 bits per heavy atom. The minimum atomic E-state index is -0.403. The highest BCUT2D eigenvalue weighted by molar-refractivity contribution is 7.13. The summed E-state index contributed by atoms with van der Waals surface area (Å²) in [6.45, 7) is 1.71. The van der Waals surface area contributed by atoms with Crippen molar-refractivity contribution in [3.05, 3.63) is 50.6 Å². The van der Waals surface area contributed by atoms with Crippen molar-refractivity contribution in [3.63, 3.8) is 0 Å². The molecular weight excluding hydrogens is 500 g/mol. The van der Waals surface area contributed by atoms with Crippen LogP contribution in [0.25, 0.3) is 10.9 Å². The number of likely N-dealkylation sites (N-methyl/N-ethyl adjacent to an activating group) is 1. The van der Waals surface area contributed by atoms with Gasteiger partial charge in [0.2, 0.25) is 5.91 Å². The zero-order valence-electron chi connectivity index (χ0n) is 20.2. The number of nitrogens with zero attached hydrogens (tertiary/aromatic N) is 2. The summed E-state index contributed by atoms with van der Waals surface area (Å²) in [4.78, 5) is 49.7. The van der Waals surface area contributed by atoms with E-state index in [2.05, 4.69) is 37.9 Å². The predicted octanol–water partition coefficient (Wildman–Crippen LogP) is 2.71. The van der Waals surface area contributed by atoms with Crippen molar-refractivity contribution in [2.75, 3.05) is 20.6 Å². The summed E-state index contributed by atoms with van der Waals surface area (Å²) in [5.74, 6) is -0.821. The van der Waals surface area contributed by atoms with Crippen LogP contribution < -0.4 is 16.0 Å². The van der Waals surface area contributed by atoms with Crippen LogP contribution in [0, 0.1) is 5.92 Å². The van der Waals surface area contributed by atoms with Crippen LogP contribution in [0.1, 0.15) is 50.1 Å². The van der Waals surface area contributed by atoms with E-state index in [1.807, 2.05) is 6.07 Å². The first kappa shape index (κ1) is 24.7. The third-order valence-corrected chi connectivity index (χ3v) is 8.36. The Bertz CT molecular complexity index is 1320. The maximum atomic E-state index is 13.2. The van der Waals surface area contributed by atoms with Crippen molar-refractivity contribution in [1.82, 2.24) is 30.8 Å². The second kappa shape index (κ2) is 10.2. The number of thiazole rings is 1. The Balaban J connectivity index is 1.33. The molecule has 1 aliphatic carbocycles. The molecular formula is C25H29ClN6O3S. The van der Waals surface area contributed by atoms with Gasteiger partial charge >= 0.3 is 0 Å². The van der Waals surface area contributed by atoms with Gasteiger partial charge in [0, 0.05) is 59.3 Å². The number of fused-ring (bicyclic) bond motifs is 2. The van der Waals surface area contributed by atoms with Gasteiger partial charge in [-0.05, 0) is 50.6 Å². The second-order valence-electron chi connectivity index (χ2n) is 9.58. The third-order valence-electron chi connectivity index (χ3n) is 7.04. The van der Waals surface area contributed by atoms with Gasteiger partial charge in [-0.3, -0.25) is 14.4 Å². The number of amides is 3. The molecule has 0 bridgehead atoms. The van der Waals surface area contributed by atoms with Gasteiger partial charge in [-0.25, -0.2) is 4.98 Å². The number of rotatable bonds is 5. The van der Waals surface area contributed by atoms with Gasteiger partial charge in [-0.15, -0.1) is 11.3 Å². The van der Waals surface area contributed by atoms with Gasteiger partial charge < -0.3 is 25.8 Å². The van der Waals surface area contributed by atoms with Crippen LogP contribution in [0.5, 0.6) is 0 Å². The fourth-order valence-electron chi connectivity index (χ4n) is 5.07. The molecule has 0 saturated heterocycles. The normalized spacial score (nSPS) is 22.1. The molecule has 11 heteroatoms. The van der Waals surface area contributed by atoms with Crippen LogP contribution >= 0.6 is 22.9 Å². The highest BCUT2D eigenvalue weighted by Crippen LogP contribution is 2.28. The van der Waals surface area contributed by atoms with E-state index >= 15 is 0 Å². The molecule has 1 saturated carbocycles. The monoisotopic (exact) mass is 528 g/mol. The van der Waals surface area contributed by atoms with E-state index in [4.69, 9.17) is 11.6 Å². The summed E-state index contributed by atoms with van der Waals surface area (Å²) in [6.07, 6.45) is 2.45. The van der Waals surface area contributed by atoms with Crippen LogP contribution in [-0.4, -0.2) is 65.3 Å². The first-order valence-corrected chi connectivity index (χ1v) is 13.3. The van der Waals surface area contributed by atoms with Crippen molar-refractivity contribution in [3.8, 4) is 0 Å². The molecule has 1 fully saturated rings. The molecule has 3 atom stereocenters. The Hall–Kier alpha value is -2.95. The van der Waals surface area contributed by atoms with Gasteiger partial charge in [0.1, 0.15) is 5.69 Å². The number of hydrogen-bond acceptors (Lipinski definition) is 6. The molecule has 190 valence electrons. The van der Waals surface area contributed by atoms with E-state index in [0.29, 0.717) is 35.0 Å². The molecule has 0 unspecified atom stereocenters. The van der Waals surface area contributed by atoms with Crippen molar-refractivity contribution in [1.29, 1.82) is 0 Å². The number of halogens is 1. The zero-order valence-corrected chi connectivity index (χ0v) is 21.8. The number of carbonyl (C=O) groups is 3. The molecule has 1 aliphatic heterocycles. The van der Waals surface area contributed by atoms with Crippen LogP contribution in [0.4, 0.5) is 0 Å². The summed E-state index contributed by atoms with van der Waals surface area (Å²) in [6, 6.07) is 6.43. The molecule has 9 nitrogen and oxygen atoms in total. The highest BCUT2D eigenvalue weighted by Gasteiger charge is 2.36. The fraction of sp³-hybridized carbons (Fsp3) is 0.440. The highest BCUT2D eigenvalue weighted by atomic mass is 35.5. The van der Waals surface area contributed by atoms with Gasteiger partial charge in [0.15, 0.2) is 5.01 Å². The lowest BCUT2D eigenvalue weighted by Gasteiger charge is -2.36. The molecule has 1 aromatic carbocycles. The van der Waals surface area contributed by atoms with Crippen molar-refractivity contribution >= 4 is 51.6 Å². The lowest BCUT2D eigenvalue weighted by atomic mass is 9.81. The van der Waals surface area contributed by atoms with Gasteiger partial charge in [-0.1, -0.05) is 11.6 Å². The minimum absolute atomic E-state index is 0.0562. The van der Waals surface area contributed by atoms with E-state index in [1.165, 1.54) is 11.3 Å². The first-order chi connectivity index (χ1) is 17.3. The van der Waals surface area contributed by atoms with Crippen molar-refractivity contribution in [2.45, 2.75) is 44.3 Å². The lowest BCUT2D eigenvalue weighted by Crippen LogP contribution is -2.55. The average molecular weight is 529 g/mol. The Kier molecular flexibility index (Phi) is 7.00. The van der Waals surface area contributed by atoms with Crippen LogP contribution in [0.15, 0.2) is 24.3 Å². The van der Waals surface area contributed by atoms with Crippen LogP contribution in [0.2, 0.25) is 5.02 Å². The van der Waals surface area contributed by atoms with Crippen LogP contribution in [-0.2, 0) is 17.8 Å². The maximum Gasteiger partial charge on any atom is 0.280 e. The van der Waals surface area contributed by atoms with E-state index in [1.54, 1.807) is 25.2 Å². The smallest absolute Gasteiger partial charge is 0.280 e. The SMILES string of the molecule is CNC(=O)[C@H]1CC[C@H](NC(=O)c2cc3cc(Cl)ccc3[nH]2)[C@H](NC(=O)c2nc3c(s2)CN(C)CC3)C1. The average Bonchev–Trinajstić information content (AvgIpc) is 3.48. The summed E-state index contributed by atoms with van der Waals surface area (Å²) >= 11 is 7.49. The maximum absolute atomic E-state index is 13.2. The number of aromatic nitrogens is 2. The molecule has 5 rings (SSSR count). The number of nitrogens with one attached hydrogen (secondary N) is 4. The number of benzene rings is 1. The molecule has 2 aromatic heterocycles. The molecule has 3 aromatic rings. The molecule has 36 heavy (non-hydrogen) atoms. The molecule has 0 radical (unpaired) electrons. The summed E-state index contributed by atoms with van der Waals surface area (Å²) in [5.41, 5.74) is 2.22. The summed E-state index contributed by atoms with van der Waals surface area (Å²) in [7, 11) is 3.67. The Morgan fingerprint density at radius 2 is 1.94 bits per heavy atom. The van der Waals surface area contributed by atoms with Crippen LogP contribution in [0.3, 0.4) is 0 Å². The second-order valence-corrected chi connectivity index (χ2v) is 11.1. The van der Waals surface area contributed by atoms with E-state index in [-0.39, 0.29) is 29.7 Å². The topological polar surface area (TPSA) is 119 Å². The molecule has 0 spiro atoms. The third kappa shape index (κ3) is 5.11. The van der Waals surface area contributed by atoms with Crippen molar-refractivity contribution in [2.24, 2.45) is 5.92 Å².